The summed E-state index contributed by atoms with van der Waals surface area (Å²) in [5.41, 5.74) is 5.04. The van der Waals surface area contributed by atoms with Gasteiger partial charge in [-0.1, -0.05) is 30.9 Å². The highest BCUT2D eigenvalue weighted by atomic mass is 16.5. The van der Waals surface area contributed by atoms with Crippen molar-refractivity contribution in [2.75, 3.05) is 26.3 Å². The number of hydrogen-bond donors (Lipinski definition) is 1. The van der Waals surface area contributed by atoms with Crippen molar-refractivity contribution in [3.8, 4) is 17.3 Å². The average Bonchev–Trinajstić information content (AvgIpc) is 3.28. The van der Waals surface area contributed by atoms with E-state index in [9.17, 15) is 10.1 Å². The molecule has 1 amide bonds. The minimum atomic E-state index is -0.0611. The van der Waals surface area contributed by atoms with Crippen LogP contribution in [-0.4, -0.2) is 52.3 Å². The second kappa shape index (κ2) is 9.41. The van der Waals surface area contributed by atoms with Gasteiger partial charge >= 0.3 is 0 Å². The number of allylic oxidation sites excluding steroid dienone is 3. The van der Waals surface area contributed by atoms with E-state index in [0.29, 0.717) is 43.1 Å². The van der Waals surface area contributed by atoms with Crippen LogP contribution in [-0.2, 0) is 9.53 Å². The molecule has 1 aromatic carbocycles. The number of nitrogens with zero attached hydrogens (tertiary/aromatic N) is 4. The number of morpholine rings is 1. The van der Waals surface area contributed by atoms with Crippen LogP contribution in [0.25, 0.3) is 27.9 Å². The van der Waals surface area contributed by atoms with Crippen LogP contribution in [0.5, 0.6) is 0 Å². The summed E-state index contributed by atoms with van der Waals surface area (Å²) in [7, 11) is 0. The van der Waals surface area contributed by atoms with Gasteiger partial charge in [-0.05, 0) is 36.8 Å². The van der Waals surface area contributed by atoms with Gasteiger partial charge in [-0.25, -0.2) is 4.98 Å². The molecule has 4 rings (SSSR count). The van der Waals surface area contributed by atoms with E-state index in [2.05, 4.69) is 27.8 Å². The van der Waals surface area contributed by atoms with Crippen molar-refractivity contribution in [3.05, 3.63) is 78.0 Å². The van der Waals surface area contributed by atoms with Gasteiger partial charge in [0.05, 0.1) is 30.5 Å². The van der Waals surface area contributed by atoms with Crippen molar-refractivity contribution in [2.45, 2.75) is 6.92 Å². The maximum Gasteiger partial charge on any atom is 0.254 e. The van der Waals surface area contributed by atoms with E-state index in [4.69, 9.17) is 4.74 Å². The average molecular weight is 425 g/mol. The summed E-state index contributed by atoms with van der Waals surface area (Å²) in [4.78, 5) is 19.2. The fraction of sp³-hybridized carbons (Fsp3) is 0.200. The highest BCUT2D eigenvalue weighted by Gasteiger charge is 2.19. The topological polar surface area (TPSA) is 94.9 Å². The molecule has 2 aromatic heterocycles. The Morgan fingerprint density at radius 3 is 2.84 bits per heavy atom. The molecule has 7 nitrogen and oxygen atoms in total. The molecular formula is C25H23N5O2. The number of benzene rings is 1. The quantitative estimate of drug-likeness (QED) is 0.495. The van der Waals surface area contributed by atoms with E-state index < -0.39 is 0 Å². The first-order valence-electron chi connectivity index (χ1n) is 10.4. The smallest absolute Gasteiger partial charge is 0.254 e. The van der Waals surface area contributed by atoms with Crippen molar-refractivity contribution in [2.24, 2.45) is 0 Å². The molecule has 1 N–H and O–H groups in total. The molecule has 1 fully saturated rings. The lowest BCUT2D eigenvalue weighted by Crippen LogP contribution is -2.41. The molecule has 0 radical (unpaired) electrons. The Morgan fingerprint density at radius 1 is 1.31 bits per heavy atom. The van der Waals surface area contributed by atoms with Gasteiger partial charge in [-0.15, -0.1) is 0 Å². The maximum atomic E-state index is 12.9. The van der Waals surface area contributed by atoms with Gasteiger partial charge in [0.1, 0.15) is 0 Å². The first kappa shape index (κ1) is 21.2. The minimum Gasteiger partial charge on any atom is -0.378 e. The number of nitrogens with one attached hydrogen (secondary N) is 1. The largest absolute Gasteiger partial charge is 0.378 e. The van der Waals surface area contributed by atoms with E-state index >= 15 is 0 Å². The monoisotopic (exact) mass is 425 g/mol. The second-order valence-electron chi connectivity index (χ2n) is 7.34. The maximum absolute atomic E-state index is 12.9. The summed E-state index contributed by atoms with van der Waals surface area (Å²) < 4.78 is 5.34. The molecule has 1 aliphatic heterocycles. The minimum absolute atomic E-state index is 0.0611. The van der Waals surface area contributed by atoms with Gasteiger partial charge in [-0.2, -0.15) is 10.4 Å². The lowest BCUT2D eigenvalue weighted by molar-refractivity contribution is -0.130. The van der Waals surface area contributed by atoms with Gasteiger partial charge in [0.25, 0.3) is 5.91 Å². The van der Waals surface area contributed by atoms with Gasteiger partial charge in [-0.3, -0.25) is 9.89 Å². The number of pyridine rings is 1. The van der Waals surface area contributed by atoms with Crippen LogP contribution >= 0.6 is 0 Å². The van der Waals surface area contributed by atoms with Crippen molar-refractivity contribution in [3.63, 3.8) is 0 Å². The lowest BCUT2D eigenvalue weighted by atomic mass is 10.0. The van der Waals surface area contributed by atoms with Crippen LogP contribution in [0.4, 0.5) is 0 Å². The molecular weight excluding hydrogens is 402 g/mol. The van der Waals surface area contributed by atoms with E-state index in [1.807, 2.05) is 43.3 Å². The fourth-order valence-electron chi connectivity index (χ4n) is 3.68. The van der Waals surface area contributed by atoms with Crippen LogP contribution < -0.4 is 0 Å². The number of rotatable bonds is 5. The van der Waals surface area contributed by atoms with Crippen molar-refractivity contribution in [1.82, 2.24) is 20.1 Å². The van der Waals surface area contributed by atoms with Crippen molar-refractivity contribution >= 4 is 22.5 Å². The SMILES string of the molecule is C=C/C(=C\C(=C/C)c1cnc2n[nH]c(-c3cccc(C#N)c3)c2c1)C(=O)N1CCOCC1. The molecule has 1 saturated heterocycles. The van der Waals surface area contributed by atoms with Crippen molar-refractivity contribution < 1.29 is 9.53 Å². The standard InChI is InChI=1S/C25H23N5O2/c1-3-18(13-19(4-2)25(31)30-8-10-32-11-9-30)21-14-22-23(28-29-24(22)27-16-21)20-7-5-6-17(12-20)15-26/h3-7,12-14,16H,2,8-11H2,1H3,(H,27,28,29)/b18-3+,19-13+. The van der Waals surface area contributed by atoms with E-state index in [-0.39, 0.29) is 5.91 Å². The summed E-state index contributed by atoms with van der Waals surface area (Å²) in [6, 6.07) is 11.5. The lowest BCUT2D eigenvalue weighted by Gasteiger charge is -2.27. The number of fused-ring (bicyclic) bond motifs is 1. The molecule has 160 valence electrons. The van der Waals surface area contributed by atoms with Crippen LogP contribution in [0.2, 0.25) is 0 Å². The normalized spacial score (nSPS) is 14.9. The molecule has 1 aliphatic rings. The Bertz CT molecular complexity index is 1270. The zero-order valence-corrected chi connectivity index (χ0v) is 17.8. The third-order valence-corrected chi connectivity index (χ3v) is 5.41. The highest BCUT2D eigenvalue weighted by molar-refractivity contribution is 6.00. The van der Waals surface area contributed by atoms with Gasteiger partial charge in [0, 0.05) is 41.4 Å². The Hall–Kier alpha value is -4.02. The Balaban J connectivity index is 1.71. The summed E-state index contributed by atoms with van der Waals surface area (Å²) in [6.45, 7) is 7.99. The summed E-state index contributed by atoms with van der Waals surface area (Å²) in [5, 5.41) is 17.4. The van der Waals surface area contributed by atoms with Gasteiger partial charge in [0.15, 0.2) is 5.65 Å². The molecule has 0 atom stereocenters. The number of carbonyl (C=O) groups is 1. The van der Waals surface area contributed by atoms with Crippen LogP contribution in [0.3, 0.4) is 0 Å². The van der Waals surface area contributed by atoms with Crippen molar-refractivity contribution in [1.29, 1.82) is 5.26 Å². The number of H-pyrrole nitrogens is 1. The van der Waals surface area contributed by atoms with Crippen LogP contribution in [0.1, 0.15) is 18.1 Å². The molecule has 0 aliphatic carbocycles. The molecule has 32 heavy (non-hydrogen) atoms. The molecule has 0 bridgehead atoms. The predicted octanol–water partition coefficient (Wildman–Crippen LogP) is 3.87. The number of aromatic amines is 1. The number of amides is 1. The Kier molecular flexibility index (Phi) is 6.24. The molecule has 3 heterocycles. The third-order valence-electron chi connectivity index (χ3n) is 5.41. The number of nitriles is 1. The third kappa shape index (κ3) is 4.22. The van der Waals surface area contributed by atoms with Crippen LogP contribution in [0.15, 0.2) is 66.9 Å². The highest BCUT2D eigenvalue weighted by Crippen LogP contribution is 2.29. The Labute approximate surface area is 186 Å². The Morgan fingerprint density at radius 2 is 2.12 bits per heavy atom. The molecule has 0 spiro atoms. The first-order valence-corrected chi connectivity index (χ1v) is 10.4. The van der Waals surface area contributed by atoms with Gasteiger partial charge in [0.2, 0.25) is 0 Å². The number of aromatic nitrogens is 3. The second-order valence-corrected chi connectivity index (χ2v) is 7.34. The molecule has 3 aromatic rings. The predicted molar refractivity (Wildman–Crippen MR) is 123 cm³/mol. The van der Waals surface area contributed by atoms with E-state index in [1.165, 1.54) is 0 Å². The molecule has 7 heteroatoms. The fourth-order valence-corrected chi connectivity index (χ4v) is 3.68. The zero-order chi connectivity index (χ0) is 22.5. The first-order chi connectivity index (χ1) is 15.6. The molecule has 0 saturated carbocycles. The van der Waals surface area contributed by atoms with E-state index in [0.717, 1.165) is 27.8 Å². The summed E-state index contributed by atoms with van der Waals surface area (Å²) in [5.74, 6) is -0.0611. The number of hydrogen-bond acceptors (Lipinski definition) is 5. The summed E-state index contributed by atoms with van der Waals surface area (Å²) in [6.07, 6.45) is 7.10. The molecule has 0 unspecified atom stereocenters. The summed E-state index contributed by atoms with van der Waals surface area (Å²) >= 11 is 0. The van der Waals surface area contributed by atoms with Crippen LogP contribution in [0, 0.1) is 11.3 Å². The number of ether oxygens (including phenoxy) is 1. The zero-order valence-electron chi connectivity index (χ0n) is 17.8. The van der Waals surface area contributed by atoms with E-state index in [1.54, 1.807) is 23.2 Å². The van der Waals surface area contributed by atoms with Gasteiger partial charge < -0.3 is 9.64 Å². The number of carbonyl (C=O) groups excluding carboxylic acids is 1.